The minimum atomic E-state index is 0.697. The Morgan fingerprint density at radius 3 is 2.69 bits per heavy atom. The second-order valence-electron chi connectivity index (χ2n) is 4.11. The van der Waals surface area contributed by atoms with Crippen molar-refractivity contribution in [2.45, 2.75) is 20.3 Å². The van der Waals surface area contributed by atoms with E-state index in [9.17, 15) is 0 Å². The van der Waals surface area contributed by atoms with Crippen LogP contribution in [0.25, 0.3) is 11.1 Å². The minimum absolute atomic E-state index is 0.697. The zero-order valence-electron chi connectivity index (χ0n) is 9.57. The molecule has 2 rings (SSSR count). The van der Waals surface area contributed by atoms with Gasteiger partial charge >= 0.3 is 0 Å². The normalized spacial score (nSPS) is 15.2. The number of nitrogens with zero attached hydrogens (tertiary/aromatic N) is 2. The Kier molecular flexibility index (Phi) is 2.84. The van der Waals surface area contributed by atoms with Crippen LogP contribution in [0.5, 0.6) is 0 Å². The SMILES string of the molecule is CC1=CC(c2cccc(C)c2)=CCC1=[N+]=[N-]. The average Bonchev–Trinajstić information content (AvgIpc) is 2.29. The molecule has 2 heteroatoms. The molecule has 1 aromatic rings. The summed E-state index contributed by atoms with van der Waals surface area (Å²) in [6.45, 7) is 4.06. The van der Waals surface area contributed by atoms with E-state index in [2.05, 4.69) is 48.1 Å². The van der Waals surface area contributed by atoms with Crippen LogP contribution in [-0.4, -0.2) is 10.5 Å². The highest BCUT2D eigenvalue weighted by Gasteiger charge is 2.15. The van der Waals surface area contributed by atoms with Gasteiger partial charge in [0, 0.05) is 5.57 Å². The van der Waals surface area contributed by atoms with Crippen LogP contribution in [0.4, 0.5) is 0 Å². The van der Waals surface area contributed by atoms with Gasteiger partial charge in [-0.05, 0) is 31.1 Å². The largest absolute Gasteiger partial charge is 0.361 e. The first-order chi connectivity index (χ1) is 7.70. The topological polar surface area (TPSA) is 36.4 Å². The van der Waals surface area contributed by atoms with Crippen LogP contribution < -0.4 is 0 Å². The van der Waals surface area contributed by atoms with Crippen LogP contribution in [0.15, 0.2) is 42.0 Å². The van der Waals surface area contributed by atoms with Gasteiger partial charge in [0.15, 0.2) is 0 Å². The summed E-state index contributed by atoms with van der Waals surface area (Å²) in [7, 11) is 0. The van der Waals surface area contributed by atoms with Gasteiger partial charge in [-0.1, -0.05) is 35.9 Å². The zero-order chi connectivity index (χ0) is 11.5. The Morgan fingerprint density at radius 1 is 1.25 bits per heavy atom. The number of hydrogen-bond acceptors (Lipinski definition) is 0. The first-order valence-electron chi connectivity index (χ1n) is 5.37. The Labute approximate surface area is 95.5 Å². The molecular weight excluding hydrogens is 196 g/mol. The van der Waals surface area contributed by atoms with Gasteiger partial charge in [-0.25, -0.2) is 0 Å². The second-order valence-corrected chi connectivity index (χ2v) is 4.11. The lowest BCUT2D eigenvalue weighted by Gasteiger charge is -2.08. The smallest absolute Gasteiger partial charge is 0.298 e. The summed E-state index contributed by atoms with van der Waals surface area (Å²) < 4.78 is 0. The van der Waals surface area contributed by atoms with Crippen LogP contribution in [0.3, 0.4) is 0 Å². The summed E-state index contributed by atoms with van der Waals surface area (Å²) in [6.07, 6.45) is 4.85. The lowest BCUT2D eigenvalue weighted by atomic mass is 9.93. The molecule has 0 bridgehead atoms. The number of aryl methyl sites for hydroxylation is 1. The van der Waals surface area contributed by atoms with Crippen molar-refractivity contribution >= 4 is 11.3 Å². The molecule has 0 saturated carbocycles. The maximum absolute atomic E-state index is 8.78. The van der Waals surface area contributed by atoms with Gasteiger partial charge in [0.05, 0.1) is 6.42 Å². The maximum atomic E-state index is 8.78. The first-order valence-corrected chi connectivity index (χ1v) is 5.37. The van der Waals surface area contributed by atoms with Crippen molar-refractivity contribution < 1.29 is 4.79 Å². The average molecular weight is 210 g/mol. The van der Waals surface area contributed by atoms with Gasteiger partial charge in [0.25, 0.3) is 5.71 Å². The molecule has 16 heavy (non-hydrogen) atoms. The molecule has 0 spiro atoms. The van der Waals surface area contributed by atoms with E-state index in [-0.39, 0.29) is 0 Å². The molecule has 0 heterocycles. The monoisotopic (exact) mass is 210 g/mol. The van der Waals surface area contributed by atoms with Crippen molar-refractivity contribution in [2.24, 2.45) is 0 Å². The Hall–Kier alpha value is -1.92. The molecule has 0 saturated heterocycles. The van der Waals surface area contributed by atoms with Crippen LogP contribution in [0.2, 0.25) is 0 Å². The molecule has 1 aromatic carbocycles. The van der Waals surface area contributed by atoms with Crippen LogP contribution in [0, 0.1) is 6.92 Å². The van der Waals surface area contributed by atoms with E-state index in [0.29, 0.717) is 6.42 Å². The van der Waals surface area contributed by atoms with E-state index >= 15 is 0 Å². The Bertz CT molecular complexity index is 529. The minimum Gasteiger partial charge on any atom is -0.361 e. The van der Waals surface area contributed by atoms with Gasteiger partial charge in [0.1, 0.15) is 0 Å². The summed E-state index contributed by atoms with van der Waals surface area (Å²) in [5, 5.41) is 0. The standard InChI is InChI=1S/C14H14N2/c1-10-4-3-5-12(8-10)13-6-7-14(16-15)11(2)9-13/h3-6,8-9H,7H2,1-2H3. The molecule has 0 atom stereocenters. The lowest BCUT2D eigenvalue weighted by molar-refractivity contribution is -0.00640. The predicted octanol–water partition coefficient (Wildman–Crippen LogP) is 3.40. The molecule has 0 N–H and O–H groups in total. The zero-order valence-corrected chi connectivity index (χ0v) is 9.57. The molecule has 2 nitrogen and oxygen atoms in total. The molecule has 0 fully saturated rings. The van der Waals surface area contributed by atoms with E-state index < -0.39 is 0 Å². The number of rotatable bonds is 1. The van der Waals surface area contributed by atoms with Crippen LogP contribution in [0.1, 0.15) is 24.5 Å². The third kappa shape index (κ3) is 2.02. The van der Waals surface area contributed by atoms with Crippen molar-refractivity contribution in [1.29, 1.82) is 0 Å². The molecular formula is C14H14N2. The fourth-order valence-electron chi connectivity index (χ4n) is 1.89. The van der Waals surface area contributed by atoms with Crippen molar-refractivity contribution in [3.63, 3.8) is 0 Å². The fraction of sp³-hybridized carbons (Fsp3) is 0.214. The molecule has 80 valence electrons. The number of benzene rings is 1. The molecule has 0 unspecified atom stereocenters. The van der Waals surface area contributed by atoms with E-state index in [4.69, 9.17) is 5.53 Å². The second kappa shape index (κ2) is 4.30. The van der Waals surface area contributed by atoms with Crippen LogP contribution in [-0.2, 0) is 0 Å². The van der Waals surface area contributed by atoms with Crippen molar-refractivity contribution in [2.75, 3.05) is 0 Å². The highest BCUT2D eigenvalue weighted by molar-refractivity contribution is 6.02. The number of allylic oxidation sites excluding steroid dienone is 4. The summed E-state index contributed by atoms with van der Waals surface area (Å²) in [5.74, 6) is 0. The first kappa shape index (κ1) is 10.6. The summed E-state index contributed by atoms with van der Waals surface area (Å²) >= 11 is 0. The summed E-state index contributed by atoms with van der Waals surface area (Å²) in [5.41, 5.74) is 14.2. The molecule has 0 aromatic heterocycles. The van der Waals surface area contributed by atoms with E-state index in [0.717, 1.165) is 11.3 Å². The maximum Gasteiger partial charge on any atom is 0.298 e. The van der Waals surface area contributed by atoms with E-state index in [1.165, 1.54) is 16.7 Å². The molecule has 1 aliphatic rings. The molecule has 0 aliphatic heterocycles. The van der Waals surface area contributed by atoms with Gasteiger partial charge in [-0.3, -0.25) is 0 Å². The van der Waals surface area contributed by atoms with Crippen LogP contribution >= 0.6 is 0 Å². The summed E-state index contributed by atoms with van der Waals surface area (Å²) in [4.78, 5) is 3.28. The third-order valence-corrected chi connectivity index (χ3v) is 2.81. The van der Waals surface area contributed by atoms with Gasteiger partial charge in [0.2, 0.25) is 0 Å². The highest BCUT2D eigenvalue weighted by Crippen LogP contribution is 2.23. The summed E-state index contributed by atoms with van der Waals surface area (Å²) in [6, 6.07) is 8.41. The quantitative estimate of drug-likeness (QED) is 0.503. The van der Waals surface area contributed by atoms with Crippen molar-refractivity contribution in [1.82, 2.24) is 0 Å². The van der Waals surface area contributed by atoms with E-state index in [1.807, 2.05) is 6.92 Å². The van der Waals surface area contributed by atoms with Crippen molar-refractivity contribution in [3.05, 3.63) is 58.6 Å². The number of hydrogen-bond donors (Lipinski definition) is 0. The van der Waals surface area contributed by atoms with Crippen molar-refractivity contribution in [3.8, 4) is 0 Å². The predicted molar refractivity (Wildman–Crippen MR) is 66.2 cm³/mol. The van der Waals surface area contributed by atoms with Gasteiger partial charge in [-0.2, -0.15) is 4.79 Å². The molecule has 0 amide bonds. The lowest BCUT2D eigenvalue weighted by Crippen LogP contribution is -2.05. The molecule has 0 radical (unpaired) electrons. The van der Waals surface area contributed by atoms with Gasteiger partial charge in [-0.15, -0.1) is 0 Å². The fourth-order valence-corrected chi connectivity index (χ4v) is 1.89. The highest BCUT2D eigenvalue weighted by atomic mass is 14.9. The third-order valence-electron chi connectivity index (χ3n) is 2.81. The van der Waals surface area contributed by atoms with Gasteiger partial charge < -0.3 is 5.53 Å². The Balaban J connectivity index is 2.39. The Morgan fingerprint density at radius 2 is 2.06 bits per heavy atom. The van der Waals surface area contributed by atoms with E-state index in [1.54, 1.807) is 0 Å². The molecule has 1 aliphatic carbocycles.